The Hall–Kier alpha value is -5.10. The van der Waals surface area contributed by atoms with Gasteiger partial charge in [-0.05, 0) is 52.5 Å². The zero-order valence-electron chi connectivity index (χ0n) is 23.8. The number of carboxylic acid groups (broad SMARTS) is 2. The van der Waals surface area contributed by atoms with Crippen LogP contribution >= 0.6 is 0 Å². The van der Waals surface area contributed by atoms with E-state index in [1.165, 1.54) is 0 Å². The Kier molecular flexibility index (Phi) is 11.7. The molecule has 0 aliphatic carbocycles. The summed E-state index contributed by atoms with van der Waals surface area (Å²) >= 11 is 0. The molecule has 8 N–H and O–H groups in total. The minimum Gasteiger partial charge on any atom is -0.480 e. The first-order valence-electron chi connectivity index (χ1n) is 12.9. The molecule has 3 aromatic rings. The molecule has 3 rings (SSSR count). The maximum atomic E-state index is 11.0. The maximum absolute atomic E-state index is 11.0. The Labute approximate surface area is 242 Å². The molecule has 0 saturated carbocycles. The van der Waals surface area contributed by atoms with Crippen molar-refractivity contribution >= 4 is 59.0 Å². The highest BCUT2D eigenvalue weighted by atomic mass is 16.4. The molecule has 0 bridgehead atoms. The monoisotopic (exact) mass is 584 g/mol. The summed E-state index contributed by atoms with van der Waals surface area (Å²) in [4.78, 5) is 51.7. The molecule has 0 spiro atoms. The maximum Gasteiger partial charge on any atom is 0.322 e. The minimum atomic E-state index is -1.05. The van der Waals surface area contributed by atoms with Gasteiger partial charge in [0.25, 0.3) is 0 Å². The van der Waals surface area contributed by atoms with E-state index in [1.54, 1.807) is 24.3 Å². The van der Waals surface area contributed by atoms with E-state index >= 15 is 0 Å². The predicted octanol–water partition coefficient (Wildman–Crippen LogP) is 0.484. The number of hydrogen-bond donors (Lipinski definition) is 8. The highest BCUT2D eigenvalue weighted by Crippen LogP contribution is 2.21. The molecular formula is C24H36N14O4. The molecule has 18 nitrogen and oxygen atoms in total. The van der Waals surface area contributed by atoms with Crippen LogP contribution in [0.4, 0.5) is 47.1 Å². The minimum absolute atomic E-state index is 0.109. The van der Waals surface area contributed by atoms with Crippen molar-refractivity contribution in [3.05, 3.63) is 24.3 Å². The Morgan fingerprint density at radius 3 is 1.19 bits per heavy atom. The summed E-state index contributed by atoms with van der Waals surface area (Å²) in [5.41, 5.74) is 1.31. The summed E-state index contributed by atoms with van der Waals surface area (Å²) in [5.74, 6) is -0.869. The van der Waals surface area contributed by atoms with E-state index in [9.17, 15) is 9.59 Å². The largest absolute Gasteiger partial charge is 0.480 e. The molecular weight excluding hydrogens is 548 g/mol. The summed E-state index contributed by atoms with van der Waals surface area (Å²) in [7, 11) is 7.77. The van der Waals surface area contributed by atoms with Gasteiger partial charge in [-0.2, -0.15) is 29.9 Å². The van der Waals surface area contributed by atoms with Crippen LogP contribution in [0.15, 0.2) is 24.3 Å². The van der Waals surface area contributed by atoms with Gasteiger partial charge in [0.05, 0.1) is 0 Å². The second kappa shape index (κ2) is 15.6. The SMILES string of the molecule is CN(C)CCNc1nc(NCC(=O)O)nc(Nc2ccc(Nc3nc(NCCN(C)C)nc(NCC(=O)O)n3)cc2)n1. The number of carboxylic acids is 2. The van der Waals surface area contributed by atoms with E-state index in [0.717, 1.165) is 13.1 Å². The molecule has 1 aromatic carbocycles. The standard InChI is InChI=1S/C24H36N14O4/c1-37(2)11-9-25-19-31-21(27-13-17(39)40)35-23(33-19)29-15-5-7-16(8-6-15)30-24-34-20(26-10-12-38(3)4)32-22(36-24)28-14-18(41)42/h5-8H,9-14H2,1-4H3,(H,39,40)(H,41,42)(H3,25,27,29,31,33,35)(H3,26,28,30,32,34,36). The zero-order chi connectivity index (χ0) is 30.5. The van der Waals surface area contributed by atoms with Crippen LogP contribution in [-0.2, 0) is 9.59 Å². The van der Waals surface area contributed by atoms with Crippen molar-refractivity contribution in [1.29, 1.82) is 0 Å². The number of nitrogens with one attached hydrogen (secondary N) is 6. The first-order valence-corrected chi connectivity index (χ1v) is 12.9. The van der Waals surface area contributed by atoms with Crippen LogP contribution in [0.2, 0.25) is 0 Å². The van der Waals surface area contributed by atoms with Crippen molar-refractivity contribution < 1.29 is 19.8 Å². The van der Waals surface area contributed by atoms with E-state index in [1.807, 2.05) is 38.0 Å². The molecule has 18 heteroatoms. The molecule has 0 saturated heterocycles. The van der Waals surface area contributed by atoms with Crippen molar-refractivity contribution in [1.82, 2.24) is 39.7 Å². The number of aromatic nitrogens is 6. The molecule has 2 aromatic heterocycles. The topological polar surface area (TPSA) is 231 Å². The van der Waals surface area contributed by atoms with Crippen LogP contribution in [0.5, 0.6) is 0 Å². The highest BCUT2D eigenvalue weighted by Gasteiger charge is 2.11. The van der Waals surface area contributed by atoms with E-state index in [4.69, 9.17) is 10.2 Å². The lowest BCUT2D eigenvalue weighted by atomic mass is 10.3. The second-order valence-electron chi connectivity index (χ2n) is 9.39. The Morgan fingerprint density at radius 2 is 0.881 bits per heavy atom. The molecule has 0 fully saturated rings. The van der Waals surface area contributed by atoms with E-state index in [2.05, 4.69) is 61.8 Å². The van der Waals surface area contributed by atoms with Crippen molar-refractivity contribution in [3.63, 3.8) is 0 Å². The van der Waals surface area contributed by atoms with Gasteiger partial charge in [0, 0.05) is 37.6 Å². The summed E-state index contributed by atoms with van der Waals surface area (Å²) < 4.78 is 0. The number of benzene rings is 1. The van der Waals surface area contributed by atoms with Crippen molar-refractivity contribution in [2.24, 2.45) is 0 Å². The number of likely N-dealkylation sites (N-methyl/N-ethyl adjacent to an activating group) is 2. The van der Waals surface area contributed by atoms with Gasteiger partial charge >= 0.3 is 11.9 Å². The van der Waals surface area contributed by atoms with Gasteiger partial charge in [-0.25, -0.2) is 0 Å². The number of rotatable bonds is 18. The highest BCUT2D eigenvalue weighted by molar-refractivity contribution is 5.72. The van der Waals surface area contributed by atoms with Gasteiger partial charge in [0.1, 0.15) is 13.1 Å². The number of hydrogen-bond acceptors (Lipinski definition) is 16. The summed E-state index contributed by atoms with van der Waals surface area (Å²) in [6.45, 7) is 1.94. The van der Waals surface area contributed by atoms with E-state index < -0.39 is 11.9 Å². The molecule has 42 heavy (non-hydrogen) atoms. The normalized spacial score (nSPS) is 10.8. The number of nitrogens with zero attached hydrogens (tertiary/aromatic N) is 8. The van der Waals surface area contributed by atoms with E-state index in [0.29, 0.717) is 24.5 Å². The quantitative estimate of drug-likeness (QED) is 0.102. The van der Waals surface area contributed by atoms with Crippen LogP contribution in [0.1, 0.15) is 0 Å². The summed E-state index contributed by atoms with van der Waals surface area (Å²) in [6, 6.07) is 7.10. The average molecular weight is 585 g/mol. The molecule has 0 radical (unpaired) electrons. The molecule has 0 unspecified atom stereocenters. The molecule has 0 aliphatic heterocycles. The van der Waals surface area contributed by atoms with Crippen molar-refractivity contribution in [3.8, 4) is 0 Å². The van der Waals surface area contributed by atoms with Gasteiger partial charge in [-0.15, -0.1) is 0 Å². The number of anilines is 8. The van der Waals surface area contributed by atoms with Gasteiger partial charge in [-0.3, -0.25) is 9.59 Å². The Bertz CT molecular complexity index is 1220. The van der Waals surface area contributed by atoms with Crippen molar-refractivity contribution in [2.45, 2.75) is 0 Å². The fourth-order valence-corrected chi connectivity index (χ4v) is 3.17. The lowest BCUT2D eigenvalue weighted by Crippen LogP contribution is -2.22. The zero-order valence-corrected chi connectivity index (χ0v) is 23.8. The molecule has 0 aliphatic rings. The fraction of sp³-hybridized carbons (Fsp3) is 0.417. The molecule has 0 atom stereocenters. The first kappa shape index (κ1) is 31.4. The smallest absolute Gasteiger partial charge is 0.322 e. The van der Waals surface area contributed by atoms with E-state index in [-0.39, 0.29) is 48.8 Å². The molecule has 0 amide bonds. The summed E-state index contributed by atoms with van der Waals surface area (Å²) in [5, 5.41) is 35.7. The van der Waals surface area contributed by atoms with Crippen LogP contribution < -0.4 is 31.9 Å². The van der Waals surface area contributed by atoms with Crippen LogP contribution in [-0.4, -0.2) is 129 Å². The van der Waals surface area contributed by atoms with Crippen molar-refractivity contribution in [2.75, 3.05) is 99.4 Å². The predicted molar refractivity (Wildman–Crippen MR) is 159 cm³/mol. The number of carbonyl (C=O) groups is 2. The molecule has 2 heterocycles. The summed E-state index contributed by atoms with van der Waals surface area (Å²) in [6.07, 6.45) is 0. The van der Waals surface area contributed by atoms with Crippen LogP contribution in [0.3, 0.4) is 0 Å². The Morgan fingerprint density at radius 1 is 0.571 bits per heavy atom. The lowest BCUT2D eigenvalue weighted by Gasteiger charge is -2.13. The fourth-order valence-electron chi connectivity index (χ4n) is 3.17. The van der Waals surface area contributed by atoms with Gasteiger partial charge in [0.15, 0.2) is 0 Å². The third-order valence-electron chi connectivity index (χ3n) is 5.15. The Balaban J connectivity index is 1.73. The van der Waals surface area contributed by atoms with Gasteiger partial charge in [0.2, 0.25) is 35.7 Å². The average Bonchev–Trinajstić information content (AvgIpc) is 2.91. The third-order valence-corrected chi connectivity index (χ3v) is 5.15. The van der Waals surface area contributed by atoms with Crippen LogP contribution in [0.25, 0.3) is 0 Å². The van der Waals surface area contributed by atoms with Gasteiger partial charge in [-0.1, -0.05) is 0 Å². The third kappa shape index (κ3) is 11.6. The molecule has 226 valence electrons. The first-order chi connectivity index (χ1) is 20.0. The lowest BCUT2D eigenvalue weighted by molar-refractivity contribution is -0.136. The van der Waals surface area contributed by atoms with Gasteiger partial charge < -0.3 is 51.9 Å². The second-order valence-corrected chi connectivity index (χ2v) is 9.39. The number of aliphatic carboxylic acids is 2. The van der Waals surface area contributed by atoms with Crippen LogP contribution in [0, 0.1) is 0 Å².